The minimum atomic E-state index is 0.225. The second kappa shape index (κ2) is 3.57. The highest BCUT2D eigenvalue weighted by atomic mass is 15.4. The molecule has 5 nitrogen and oxygen atoms in total. The summed E-state index contributed by atoms with van der Waals surface area (Å²) in [5.74, 6) is 0. The Hall–Kier alpha value is -0.770. The van der Waals surface area contributed by atoms with Gasteiger partial charge in [0.15, 0.2) is 0 Å². The Morgan fingerprint density at radius 1 is 1.64 bits per heavy atom. The Morgan fingerprint density at radius 2 is 2.36 bits per heavy atom. The predicted molar refractivity (Wildman–Crippen MR) is 42.8 cm³/mol. The molecule has 11 heavy (non-hydrogen) atoms. The van der Waals surface area contributed by atoms with Crippen LogP contribution in [0.5, 0.6) is 0 Å². The van der Waals surface area contributed by atoms with Gasteiger partial charge in [-0.25, -0.2) is 0 Å². The van der Waals surface area contributed by atoms with Crippen LogP contribution in [0, 0.1) is 0 Å². The van der Waals surface area contributed by atoms with E-state index < -0.39 is 0 Å². The summed E-state index contributed by atoms with van der Waals surface area (Å²) in [5.41, 5.74) is 14.3. The fourth-order valence-corrected chi connectivity index (χ4v) is 1.16. The fraction of sp³-hybridized carbons (Fsp3) is 1.00. The molecule has 0 aromatic rings. The molecule has 1 rings (SSSR count). The second-order valence-electron chi connectivity index (χ2n) is 2.86. The van der Waals surface area contributed by atoms with Crippen molar-refractivity contribution in [2.24, 2.45) is 5.11 Å². The smallest absolute Gasteiger partial charge is 0.0326 e. The van der Waals surface area contributed by atoms with Gasteiger partial charge >= 0.3 is 0 Å². The van der Waals surface area contributed by atoms with Crippen LogP contribution in [0.3, 0.4) is 0 Å². The summed E-state index contributed by atoms with van der Waals surface area (Å²) in [7, 11) is 1.85. The number of hydrazine groups is 1. The standard InChI is InChI=1S/C6H13N5/c1-8-10-6(2-3-6)4-5-9-11-7/h8,10H,2-5H2,1H3. The molecule has 0 unspecified atom stereocenters. The second-order valence-corrected chi connectivity index (χ2v) is 2.86. The zero-order valence-electron chi connectivity index (χ0n) is 6.67. The largest absolute Gasteiger partial charge is 0.260 e. The van der Waals surface area contributed by atoms with Crippen LogP contribution in [0.4, 0.5) is 0 Å². The van der Waals surface area contributed by atoms with Crippen LogP contribution in [0.25, 0.3) is 10.4 Å². The van der Waals surface area contributed by atoms with Gasteiger partial charge < -0.3 is 0 Å². The Kier molecular flexibility index (Phi) is 2.70. The summed E-state index contributed by atoms with van der Waals surface area (Å²) in [6.07, 6.45) is 3.28. The first-order valence-corrected chi connectivity index (χ1v) is 3.78. The highest BCUT2D eigenvalue weighted by Gasteiger charge is 2.41. The zero-order valence-corrected chi connectivity index (χ0v) is 6.67. The van der Waals surface area contributed by atoms with E-state index in [9.17, 15) is 0 Å². The minimum absolute atomic E-state index is 0.225. The fourth-order valence-electron chi connectivity index (χ4n) is 1.16. The first kappa shape index (κ1) is 8.33. The van der Waals surface area contributed by atoms with Gasteiger partial charge in [-0.05, 0) is 31.8 Å². The van der Waals surface area contributed by atoms with Gasteiger partial charge in [0, 0.05) is 17.0 Å². The van der Waals surface area contributed by atoms with Gasteiger partial charge in [0.2, 0.25) is 0 Å². The van der Waals surface area contributed by atoms with Crippen molar-refractivity contribution in [3.8, 4) is 0 Å². The number of nitrogens with one attached hydrogen (secondary N) is 2. The van der Waals surface area contributed by atoms with Gasteiger partial charge in [0.1, 0.15) is 0 Å². The third kappa shape index (κ3) is 2.38. The lowest BCUT2D eigenvalue weighted by molar-refractivity contribution is 0.422. The summed E-state index contributed by atoms with van der Waals surface area (Å²) < 4.78 is 0. The molecule has 0 aliphatic heterocycles. The van der Waals surface area contributed by atoms with E-state index in [1.807, 2.05) is 7.05 Å². The molecule has 0 atom stereocenters. The van der Waals surface area contributed by atoms with E-state index in [1.54, 1.807) is 0 Å². The van der Waals surface area contributed by atoms with Crippen molar-refractivity contribution in [2.75, 3.05) is 13.6 Å². The average molecular weight is 155 g/mol. The van der Waals surface area contributed by atoms with Crippen LogP contribution in [0.15, 0.2) is 5.11 Å². The first-order chi connectivity index (χ1) is 5.33. The molecular formula is C6H13N5. The molecule has 1 aliphatic carbocycles. The molecule has 5 heteroatoms. The van der Waals surface area contributed by atoms with Crippen LogP contribution in [0.2, 0.25) is 0 Å². The van der Waals surface area contributed by atoms with Crippen molar-refractivity contribution in [1.82, 2.24) is 10.9 Å². The third-order valence-corrected chi connectivity index (χ3v) is 2.00. The van der Waals surface area contributed by atoms with Crippen LogP contribution in [-0.2, 0) is 0 Å². The molecule has 0 heterocycles. The van der Waals surface area contributed by atoms with Crippen LogP contribution in [-0.4, -0.2) is 19.1 Å². The quantitative estimate of drug-likeness (QED) is 0.268. The maximum Gasteiger partial charge on any atom is 0.0326 e. The molecule has 0 aromatic carbocycles. The van der Waals surface area contributed by atoms with Crippen molar-refractivity contribution in [3.05, 3.63) is 10.4 Å². The molecule has 62 valence electrons. The number of azide groups is 1. The molecule has 0 amide bonds. The third-order valence-electron chi connectivity index (χ3n) is 2.00. The molecule has 0 radical (unpaired) electrons. The molecular weight excluding hydrogens is 142 g/mol. The monoisotopic (exact) mass is 155 g/mol. The first-order valence-electron chi connectivity index (χ1n) is 3.78. The average Bonchev–Trinajstić information content (AvgIpc) is 2.71. The normalized spacial score (nSPS) is 19.0. The minimum Gasteiger partial charge on any atom is -0.260 e. The lowest BCUT2D eigenvalue weighted by Gasteiger charge is -2.14. The van der Waals surface area contributed by atoms with Crippen molar-refractivity contribution < 1.29 is 0 Å². The van der Waals surface area contributed by atoms with Crippen molar-refractivity contribution in [1.29, 1.82) is 0 Å². The molecule has 0 saturated heterocycles. The van der Waals surface area contributed by atoms with Crippen molar-refractivity contribution in [3.63, 3.8) is 0 Å². The Balaban J connectivity index is 2.18. The van der Waals surface area contributed by atoms with Crippen molar-refractivity contribution in [2.45, 2.75) is 24.8 Å². The number of nitrogens with zero attached hydrogens (tertiary/aromatic N) is 3. The number of rotatable bonds is 5. The predicted octanol–water partition coefficient (Wildman–Crippen LogP) is 0.943. The van der Waals surface area contributed by atoms with E-state index in [0.29, 0.717) is 6.54 Å². The maximum absolute atomic E-state index is 8.04. The highest BCUT2D eigenvalue weighted by Crippen LogP contribution is 2.37. The van der Waals surface area contributed by atoms with Crippen LogP contribution >= 0.6 is 0 Å². The van der Waals surface area contributed by atoms with Crippen LogP contribution < -0.4 is 10.9 Å². The Labute approximate surface area is 65.8 Å². The summed E-state index contributed by atoms with van der Waals surface area (Å²) >= 11 is 0. The van der Waals surface area contributed by atoms with E-state index in [-0.39, 0.29) is 5.54 Å². The number of hydrogen-bond donors (Lipinski definition) is 2. The van der Waals surface area contributed by atoms with Gasteiger partial charge in [0.05, 0.1) is 0 Å². The van der Waals surface area contributed by atoms with Gasteiger partial charge in [-0.15, -0.1) is 0 Å². The summed E-state index contributed by atoms with van der Waals surface area (Å²) in [6, 6.07) is 0. The SMILES string of the molecule is CNNC1(CCN=[N+]=[N-])CC1. The molecule has 1 saturated carbocycles. The van der Waals surface area contributed by atoms with Gasteiger partial charge in [0.25, 0.3) is 0 Å². The van der Waals surface area contributed by atoms with Crippen LogP contribution in [0.1, 0.15) is 19.3 Å². The Bertz CT molecular complexity index is 168. The molecule has 0 spiro atoms. The zero-order chi connectivity index (χ0) is 8.16. The maximum atomic E-state index is 8.04. The van der Waals surface area contributed by atoms with Gasteiger partial charge in [-0.1, -0.05) is 5.11 Å². The molecule has 2 N–H and O–H groups in total. The molecule has 1 aliphatic rings. The number of hydrogen-bond acceptors (Lipinski definition) is 3. The van der Waals surface area contributed by atoms with E-state index in [2.05, 4.69) is 20.9 Å². The summed E-state index contributed by atoms with van der Waals surface area (Å²) in [4.78, 5) is 2.70. The lowest BCUT2D eigenvalue weighted by atomic mass is 10.2. The summed E-state index contributed by atoms with van der Waals surface area (Å²) in [6.45, 7) is 0.588. The van der Waals surface area contributed by atoms with E-state index in [1.165, 1.54) is 12.8 Å². The summed E-state index contributed by atoms with van der Waals surface area (Å²) in [5, 5.41) is 3.49. The lowest BCUT2D eigenvalue weighted by Crippen LogP contribution is -2.40. The highest BCUT2D eigenvalue weighted by molar-refractivity contribution is 5.00. The molecule has 1 fully saturated rings. The molecule has 0 bridgehead atoms. The Morgan fingerprint density at radius 3 is 2.82 bits per heavy atom. The topological polar surface area (TPSA) is 72.8 Å². The van der Waals surface area contributed by atoms with E-state index in [4.69, 9.17) is 5.53 Å². The molecule has 0 aromatic heterocycles. The van der Waals surface area contributed by atoms with E-state index in [0.717, 1.165) is 6.42 Å². The van der Waals surface area contributed by atoms with E-state index >= 15 is 0 Å². The van der Waals surface area contributed by atoms with Gasteiger partial charge in [-0.2, -0.15) is 0 Å². The van der Waals surface area contributed by atoms with Gasteiger partial charge in [-0.3, -0.25) is 10.9 Å². The van der Waals surface area contributed by atoms with Crippen molar-refractivity contribution >= 4 is 0 Å².